The zero-order valence-corrected chi connectivity index (χ0v) is 9.37. The van der Waals surface area contributed by atoms with E-state index in [2.05, 4.69) is 30.4 Å². The van der Waals surface area contributed by atoms with Crippen molar-refractivity contribution in [2.24, 2.45) is 5.73 Å². The van der Waals surface area contributed by atoms with Crippen LogP contribution in [-0.2, 0) is 6.54 Å². The van der Waals surface area contributed by atoms with Crippen LogP contribution in [0.3, 0.4) is 0 Å². The largest absolute Gasteiger partial charge is 0.326 e. The van der Waals surface area contributed by atoms with Crippen molar-refractivity contribution in [1.29, 1.82) is 0 Å². The lowest BCUT2D eigenvalue weighted by Gasteiger charge is -2.24. The minimum atomic E-state index is 0.643. The Morgan fingerprint density at radius 3 is 2.73 bits per heavy atom. The fraction of sp³-hybridized carbons (Fsp3) is 0.538. The van der Waals surface area contributed by atoms with Crippen LogP contribution in [0.25, 0.3) is 0 Å². The van der Waals surface area contributed by atoms with Crippen LogP contribution in [0, 0.1) is 6.92 Å². The molecule has 0 aromatic heterocycles. The molecule has 1 saturated heterocycles. The molecule has 1 aromatic carbocycles. The number of rotatable bonds is 2. The molecule has 0 unspecified atom stereocenters. The Morgan fingerprint density at radius 1 is 1.33 bits per heavy atom. The lowest BCUT2D eigenvalue weighted by atomic mass is 9.86. The van der Waals surface area contributed by atoms with Crippen LogP contribution >= 0.6 is 0 Å². The monoisotopic (exact) mass is 203 g/mol. The topological polar surface area (TPSA) is 40.1 Å². The molecule has 15 heavy (non-hydrogen) atoms. The van der Waals surface area contributed by atoms with Crippen molar-refractivity contribution in [3.63, 3.8) is 0 Å². The Bertz CT molecular complexity index is 327. The summed E-state index contributed by atoms with van der Waals surface area (Å²) in [5.41, 5.74) is 9.82. The smallest absolute Gasteiger partial charge is 0.0178 e. The van der Waals surface area contributed by atoms with E-state index in [-0.39, 0.29) is 0 Å². The summed E-state index contributed by atoms with van der Waals surface area (Å²) in [6.07, 6.45) is 2.41. The minimum Gasteiger partial charge on any atom is -0.326 e. The highest BCUT2D eigenvalue weighted by Gasteiger charge is 2.17. The van der Waals surface area contributed by atoms with Crippen LogP contribution in [0.2, 0.25) is 0 Å². The summed E-state index contributed by atoms with van der Waals surface area (Å²) in [6.45, 7) is 4.89. The van der Waals surface area contributed by atoms with Crippen molar-refractivity contribution >= 4 is 0 Å². The van der Waals surface area contributed by atoms with E-state index in [4.69, 9.17) is 5.73 Å². The van der Waals surface area contributed by atoms with Gasteiger partial charge in [-0.1, -0.05) is 18.2 Å². The van der Waals surface area contributed by atoms with E-state index >= 15 is 0 Å². The standard InChI is InChI=1S/C13H19N2/c1-10-2-3-11(9-14)8-13(10)12-4-6-15-7-5-12/h2-3,8,12H,4-7,9,14H2,1H3. The number of hydrogen-bond donors (Lipinski definition) is 1. The molecule has 2 rings (SSSR count). The molecule has 0 atom stereocenters. The summed E-state index contributed by atoms with van der Waals surface area (Å²) < 4.78 is 0. The van der Waals surface area contributed by atoms with Gasteiger partial charge < -0.3 is 5.73 Å². The highest BCUT2D eigenvalue weighted by atomic mass is 14.9. The van der Waals surface area contributed by atoms with E-state index in [1.54, 1.807) is 0 Å². The van der Waals surface area contributed by atoms with Gasteiger partial charge in [-0.05, 0) is 42.4 Å². The Kier molecular flexibility index (Phi) is 3.39. The first kappa shape index (κ1) is 10.7. The quantitative estimate of drug-likeness (QED) is 0.784. The van der Waals surface area contributed by atoms with Crippen LogP contribution in [0.15, 0.2) is 18.2 Å². The highest BCUT2D eigenvalue weighted by molar-refractivity contribution is 5.34. The molecular weight excluding hydrogens is 184 g/mol. The summed E-state index contributed by atoms with van der Waals surface area (Å²) in [7, 11) is 0. The molecule has 0 aliphatic carbocycles. The van der Waals surface area contributed by atoms with E-state index in [0.717, 1.165) is 13.1 Å². The lowest BCUT2D eigenvalue weighted by Crippen LogP contribution is -2.21. The van der Waals surface area contributed by atoms with E-state index in [9.17, 15) is 0 Å². The highest BCUT2D eigenvalue weighted by Crippen LogP contribution is 2.28. The van der Waals surface area contributed by atoms with E-state index < -0.39 is 0 Å². The van der Waals surface area contributed by atoms with E-state index in [1.165, 1.54) is 29.5 Å². The van der Waals surface area contributed by atoms with Gasteiger partial charge in [-0.15, -0.1) is 0 Å². The van der Waals surface area contributed by atoms with Gasteiger partial charge in [-0.3, -0.25) is 0 Å². The van der Waals surface area contributed by atoms with Gasteiger partial charge in [0.2, 0.25) is 0 Å². The van der Waals surface area contributed by atoms with Gasteiger partial charge in [0.05, 0.1) is 0 Å². The zero-order valence-electron chi connectivity index (χ0n) is 9.37. The number of aryl methyl sites for hydroxylation is 1. The van der Waals surface area contributed by atoms with Gasteiger partial charge >= 0.3 is 0 Å². The van der Waals surface area contributed by atoms with Crippen molar-refractivity contribution < 1.29 is 0 Å². The molecule has 0 amide bonds. The third-order valence-electron chi connectivity index (χ3n) is 3.29. The fourth-order valence-electron chi connectivity index (χ4n) is 2.32. The molecule has 0 spiro atoms. The molecule has 2 nitrogen and oxygen atoms in total. The number of nitrogens with zero attached hydrogens (tertiary/aromatic N) is 1. The molecule has 1 radical (unpaired) electrons. The van der Waals surface area contributed by atoms with Crippen LogP contribution in [0.1, 0.15) is 35.4 Å². The average molecular weight is 203 g/mol. The number of benzene rings is 1. The Hall–Kier alpha value is -0.860. The number of hydrogen-bond acceptors (Lipinski definition) is 1. The van der Waals surface area contributed by atoms with Gasteiger partial charge in [0, 0.05) is 19.6 Å². The summed E-state index contributed by atoms with van der Waals surface area (Å²) in [5, 5.41) is 4.40. The summed E-state index contributed by atoms with van der Waals surface area (Å²) in [5.74, 6) is 0.703. The van der Waals surface area contributed by atoms with Gasteiger partial charge in [0.25, 0.3) is 0 Å². The second-order valence-corrected chi connectivity index (χ2v) is 4.34. The maximum atomic E-state index is 5.68. The van der Waals surface area contributed by atoms with Crippen molar-refractivity contribution in [2.45, 2.75) is 32.2 Å². The summed E-state index contributed by atoms with van der Waals surface area (Å²) in [6, 6.07) is 6.61. The Balaban J connectivity index is 2.24. The van der Waals surface area contributed by atoms with E-state index in [1.807, 2.05) is 0 Å². The van der Waals surface area contributed by atoms with E-state index in [0.29, 0.717) is 12.5 Å². The Labute approximate surface area is 91.9 Å². The molecule has 81 valence electrons. The Morgan fingerprint density at radius 2 is 2.07 bits per heavy atom. The van der Waals surface area contributed by atoms with Crippen molar-refractivity contribution in [1.82, 2.24) is 5.32 Å². The second-order valence-electron chi connectivity index (χ2n) is 4.34. The molecule has 1 aliphatic rings. The molecule has 2 N–H and O–H groups in total. The van der Waals surface area contributed by atoms with Gasteiger partial charge in [-0.25, -0.2) is 5.32 Å². The summed E-state index contributed by atoms with van der Waals surface area (Å²) in [4.78, 5) is 0. The van der Waals surface area contributed by atoms with Crippen LogP contribution in [-0.4, -0.2) is 13.1 Å². The average Bonchev–Trinajstić information content (AvgIpc) is 2.31. The molecule has 1 fully saturated rings. The van der Waals surface area contributed by atoms with Gasteiger partial charge in [0.1, 0.15) is 0 Å². The van der Waals surface area contributed by atoms with Crippen molar-refractivity contribution in [2.75, 3.05) is 13.1 Å². The molecule has 0 bridgehead atoms. The SMILES string of the molecule is Cc1ccc(CN)cc1C1CC[N]CC1. The zero-order chi connectivity index (χ0) is 10.7. The molecule has 2 heteroatoms. The first-order valence-electron chi connectivity index (χ1n) is 5.74. The first-order valence-corrected chi connectivity index (χ1v) is 5.74. The normalized spacial score (nSPS) is 18.0. The molecule has 1 aromatic rings. The maximum Gasteiger partial charge on any atom is 0.0178 e. The number of piperidine rings is 1. The summed E-state index contributed by atoms with van der Waals surface area (Å²) >= 11 is 0. The van der Waals surface area contributed by atoms with Crippen LogP contribution < -0.4 is 11.1 Å². The molecule has 1 heterocycles. The predicted molar refractivity (Wildman–Crippen MR) is 62.9 cm³/mol. The maximum absolute atomic E-state index is 5.68. The minimum absolute atomic E-state index is 0.643. The van der Waals surface area contributed by atoms with Crippen LogP contribution in [0.4, 0.5) is 0 Å². The lowest BCUT2D eigenvalue weighted by molar-refractivity contribution is 0.452. The van der Waals surface area contributed by atoms with Crippen LogP contribution in [0.5, 0.6) is 0 Å². The molecular formula is C13H19N2. The van der Waals surface area contributed by atoms with Gasteiger partial charge in [-0.2, -0.15) is 0 Å². The van der Waals surface area contributed by atoms with Crippen molar-refractivity contribution in [3.05, 3.63) is 34.9 Å². The van der Waals surface area contributed by atoms with Gasteiger partial charge in [0.15, 0.2) is 0 Å². The van der Waals surface area contributed by atoms with Crippen molar-refractivity contribution in [3.8, 4) is 0 Å². The molecule has 1 aliphatic heterocycles. The second kappa shape index (κ2) is 4.77. The molecule has 0 saturated carbocycles. The third-order valence-corrected chi connectivity index (χ3v) is 3.29. The third kappa shape index (κ3) is 2.39. The number of nitrogens with two attached hydrogens (primary N) is 1. The first-order chi connectivity index (χ1) is 7.31. The fourth-order valence-corrected chi connectivity index (χ4v) is 2.32. The predicted octanol–water partition coefficient (Wildman–Crippen LogP) is 1.94.